The zero-order valence-electron chi connectivity index (χ0n) is 10.9. The molecule has 0 bridgehead atoms. The molecule has 2 aromatic carbocycles. The summed E-state index contributed by atoms with van der Waals surface area (Å²) in [6.45, 7) is 2.00. The van der Waals surface area contributed by atoms with Crippen LogP contribution in [0.4, 0.5) is 4.39 Å². The number of aryl methyl sites for hydroxylation is 1. The van der Waals surface area contributed by atoms with E-state index in [2.05, 4.69) is 15.9 Å². The molecule has 0 saturated carbocycles. The molecule has 1 atom stereocenters. The summed E-state index contributed by atoms with van der Waals surface area (Å²) in [5.41, 5.74) is 8.52. The second-order valence-electron chi connectivity index (χ2n) is 4.76. The van der Waals surface area contributed by atoms with Crippen LogP contribution in [0.15, 0.2) is 51.4 Å². The van der Waals surface area contributed by atoms with Gasteiger partial charge in [0.25, 0.3) is 0 Å². The SMILES string of the molecule is Cc1cccc(C(N)c2cc3cccc(F)c3o2)c1Br. The fourth-order valence-corrected chi connectivity index (χ4v) is 2.78. The van der Waals surface area contributed by atoms with Crippen LogP contribution >= 0.6 is 15.9 Å². The fourth-order valence-electron chi connectivity index (χ4n) is 2.26. The third-order valence-electron chi connectivity index (χ3n) is 3.38. The zero-order chi connectivity index (χ0) is 14.3. The van der Waals surface area contributed by atoms with Crippen molar-refractivity contribution in [3.05, 3.63) is 69.6 Å². The average Bonchev–Trinajstić information content (AvgIpc) is 2.87. The number of rotatable bonds is 2. The molecular weight excluding hydrogens is 321 g/mol. The molecule has 1 heterocycles. The van der Waals surface area contributed by atoms with Gasteiger partial charge in [0.05, 0.1) is 6.04 Å². The molecule has 3 rings (SSSR count). The van der Waals surface area contributed by atoms with Gasteiger partial charge in [0.2, 0.25) is 0 Å². The number of para-hydroxylation sites is 1. The van der Waals surface area contributed by atoms with Gasteiger partial charge in [-0.15, -0.1) is 0 Å². The molecule has 1 aromatic heterocycles. The summed E-state index contributed by atoms with van der Waals surface area (Å²) in [6.07, 6.45) is 0. The maximum Gasteiger partial charge on any atom is 0.169 e. The maximum absolute atomic E-state index is 13.7. The van der Waals surface area contributed by atoms with E-state index in [0.717, 1.165) is 21.0 Å². The lowest BCUT2D eigenvalue weighted by Gasteiger charge is -2.12. The van der Waals surface area contributed by atoms with Crippen LogP contribution in [0.1, 0.15) is 22.9 Å². The Morgan fingerprint density at radius 2 is 1.95 bits per heavy atom. The summed E-state index contributed by atoms with van der Waals surface area (Å²) in [6, 6.07) is 12.1. The topological polar surface area (TPSA) is 39.2 Å². The van der Waals surface area contributed by atoms with Gasteiger partial charge in [-0.1, -0.05) is 46.3 Å². The first kappa shape index (κ1) is 13.3. The molecule has 102 valence electrons. The van der Waals surface area contributed by atoms with Crippen LogP contribution in [0.5, 0.6) is 0 Å². The molecule has 0 aliphatic carbocycles. The van der Waals surface area contributed by atoms with Gasteiger partial charge in [0, 0.05) is 9.86 Å². The molecule has 2 nitrogen and oxygen atoms in total. The number of benzene rings is 2. The van der Waals surface area contributed by atoms with E-state index in [4.69, 9.17) is 10.2 Å². The van der Waals surface area contributed by atoms with Crippen molar-refractivity contribution in [2.75, 3.05) is 0 Å². The smallest absolute Gasteiger partial charge is 0.169 e. The van der Waals surface area contributed by atoms with E-state index in [1.807, 2.05) is 31.2 Å². The number of furan rings is 1. The Labute approximate surface area is 124 Å². The van der Waals surface area contributed by atoms with Crippen molar-refractivity contribution in [2.24, 2.45) is 5.73 Å². The van der Waals surface area contributed by atoms with Crippen molar-refractivity contribution < 1.29 is 8.81 Å². The van der Waals surface area contributed by atoms with E-state index < -0.39 is 6.04 Å². The van der Waals surface area contributed by atoms with Gasteiger partial charge in [-0.05, 0) is 30.2 Å². The summed E-state index contributed by atoms with van der Waals surface area (Å²) >= 11 is 3.54. The van der Waals surface area contributed by atoms with Gasteiger partial charge in [-0.3, -0.25) is 0 Å². The fraction of sp³-hybridized carbons (Fsp3) is 0.125. The number of hydrogen-bond acceptors (Lipinski definition) is 2. The number of halogens is 2. The molecule has 0 saturated heterocycles. The van der Waals surface area contributed by atoms with Crippen LogP contribution in [-0.4, -0.2) is 0 Å². The van der Waals surface area contributed by atoms with Crippen LogP contribution in [-0.2, 0) is 0 Å². The van der Waals surface area contributed by atoms with Crippen molar-refractivity contribution in [3.63, 3.8) is 0 Å². The minimum atomic E-state index is -0.434. The molecule has 2 N–H and O–H groups in total. The Hall–Kier alpha value is -1.65. The summed E-state index contributed by atoms with van der Waals surface area (Å²) in [4.78, 5) is 0. The van der Waals surface area contributed by atoms with Gasteiger partial charge in [-0.2, -0.15) is 0 Å². The molecule has 0 fully saturated rings. The molecule has 3 aromatic rings. The first-order valence-corrected chi connectivity index (χ1v) is 7.06. The monoisotopic (exact) mass is 333 g/mol. The molecular formula is C16H13BrFNO. The van der Waals surface area contributed by atoms with Crippen molar-refractivity contribution >= 4 is 26.9 Å². The van der Waals surface area contributed by atoms with Crippen molar-refractivity contribution in [1.82, 2.24) is 0 Å². The van der Waals surface area contributed by atoms with Crippen LogP contribution in [0.2, 0.25) is 0 Å². The van der Waals surface area contributed by atoms with E-state index in [1.54, 1.807) is 12.1 Å². The number of fused-ring (bicyclic) bond motifs is 1. The van der Waals surface area contributed by atoms with Crippen LogP contribution in [0.3, 0.4) is 0 Å². The van der Waals surface area contributed by atoms with E-state index in [9.17, 15) is 4.39 Å². The predicted molar refractivity (Wildman–Crippen MR) is 81.1 cm³/mol. The van der Waals surface area contributed by atoms with Gasteiger partial charge < -0.3 is 10.2 Å². The average molecular weight is 334 g/mol. The minimum absolute atomic E-state index is 0.252. The van der Waals surface area contributed by atoms with Crippen molar-refractivity contribution in [3.8, 4) is 0 Å². The maximum atomic E-state index is 13.7. The van der Waals surface area contributed by atoms with E-state index in [1.165, 1.54) is 6.07 Å². The normalized spacial score (nSPS) is 12.8. The standard InChI is InChI=1S/C16H13BrFNO/c1-9-4-2-6-11(14(9)17)15(19)13-8-10-5-3-7-12(18)16(10)20-13/h2-8,15H,19H2,1H3. The lowest BCUT2D eigenvalue weighted by Crippen LogP contribution is -2.11. The summed E-state index contributed by atoms with van der Waals surface area (Å²) in [5.74, 6) is 0.181. The van der Waals surface area contributed by atoms with Crippen molar-refractivity contribution in [2.45, 2.75) is 13.0 Å². The van der Waals surface area contributed by atoms with E-state index in [0.29, 0.717) is 5.76 Å². The Balaban J connectivity index is 2.10. The Kier molecular flexibility index (Phi) is 3.36. The number of nitrogens with two attached hydrogens (primary N) is 1. The van der Waals surface area contributed by atoms with Crippen LogP contribution < -0.4 is 5.73 Å². The largest absolute Gasteiger partial charge is 0.456 e. The highest BCUT2D eigenvalue weighted by molar-refractivity contribution is 9.10. The molecule has 0 aliphatic rings. The third-order valence-corrected chi connectivity index (χ3v) is 4.46. The van der Waals surface area contributed by atoms with E-state index >= 15 is 0 Å². The van der Waals surface area contributed by atoms with Gasteiger partial charge >= 0.3 is 0 Å². The molecule has 0 spiro atoms. The second kappa shape index (κ2) is 5.04. The van der Waals surface area contributed by atoms with Gasteiger partial charge in [0.1, 0.15) is 5.76 Å². The zero-order valence-corrected chi connectivity index (χ0v) is 12.4. The quantitative estimate of drug-likeness (QED) is 0.738. The predicted octanol–water partition coefficient (Wildman–Crippen LogP) is 4.69. The summed E-state index contributed by atoms with van der Waals surface area (Å²) < 4.78 is 20.2. The highest BCUT2D eigenvalue weighted by atomic mass is 79.9. The lowest BCUT2D eigenvalue weighted by atomic mass is 10.0. The highest BCUT2D eigenvalue weighted by Gasteiger charge is 2.18. The Morgan fingerprint density at radius 1 is 1.20 bits per heavy atom. The number of hydrogen-bond donors (Lipinski definition) is 1. The van der Waals surface area contributed by atoms with Gasteiger partial charge in [-0.25, -0.2) is 4.39 Å². The molecule has 4 heteroatoms. The molecule has 20 heavy (non-hydrogen) atoms. The molecule has 0 radical (unpaired) electrons. The lowest BCUT2D eigenvalue weighted by molar-refractivity contribution is 0.501. The Bertz CT molecular complexity index is 781. The molecule has 0 amide bonds. The second-order valence-corrected chi connectivity index (χ2v) is 5.56. The summed E-state index contributed by atoms with van der Waals surface area (Å²) in [5, 5.41) is 0.722. The first-order valence-electron chi connectivity index (χ1n) is 6.26. The third kappa shape index (κ3) is 2.15. The van der Waals surface area contributed by atoms with Gasteiger partial charge in [0.15, 0.2) is 11.4 Å². The van der Waals surface area contributed by atoms with E-state index in [-0.39, 0.29) is 11.4 Å². The Morgan fingerprint density at radius 3 is 2.70 bits per heavy atom. The minimum Gasteiger partial charge on any atom is -0.456 e. The van der Waals surface area contributed by atoms with Crippen LogP contribution in [0.25, 0.3) is 11.0 Å². The molecule has 1 unspecified atom stereocenters. The van der Waals surface area contributed by atoms with Crippen molar-refractivity contribution in [1.29, 1.82) is 0 Å². The molecule has 0 aliphatic heterocycles. The highest BCUT2D eigenvalue weighted by Crippen LogP contribution is 2.32. The first-order chi connectivity index (χ1) is 9.58. The van der Waals surface area contributed by atoms with Crippen LogP contribution in [0, 0.1) is 12.7 Å². The summed E-state index contributed by atoms with van der Waals surface area (Å²) in [7, 11) is 0.